The molecule has 114 valence electrons. The SMILES string of the molecule is CCOC(CC)C(NN)c1ccc(C(F)(F)F)c(F)c1. The lowest BCUT2D eigenvalue weighted by Crippen LogP contribution is -2.38. The first-order chi connectivity index (χ1) is 9.35. The fourth-order valence-corrected chi connectivity index (χ4v) is 2.04. The van der Waals surface area contributed by atoms with Crippen LogP contribution in [0.3, 0.4) is 0 Å². The van der Waals surface area contributed by atoms with Crippen molar-refractivity contribution < 1.29 is 22.3 Å². The van der Waals surface area contributed by atoms with E-state index in [2.05, 4.69) is 5.43 Å². The molecule has 0 heterocycles. The third-order valence-corrected chi connectivity index (χ3v) is 2.99. The highest BCUT2D eigenvalue weighted by molar-refractivity contribution is 5.29. The summed E-state index contributed by atoms with van der Waals surface area (Å²) >= 11 is 0. The molecule has 2 unspecified atom stereocenters. The topological polar surface area (TPSA) is 47.3 Å². The van der Waals surface area contributed by atoms with Crippen LogP contribution in [0.5, 0.6) is 0 Å². The predicted molar refractivity (Wildman–Crippen MR) is 67.2 cm³/mol. The van der Waals surface area contributed by atoms with Crippen LogP contribution in [0.2, 0.25) is 0 Å². The molecule has 0 spiro atoms. The highest BCUT2D eigenvalue weighted by Crippen LogP contribution is 2.33. The number of nitrogens with two attached hydrogens (primary N) is 1. The summed E-state index contributed by atoms with van der Waals surface area (Å²) < 4.78 is 56.5. The molecule has 0 bridgehead atoms. The molecule has 0 saturated heterocycles. The van der Waals surface area contributed by atoms with E-state index < -0.39 is 23.6 Å². The number of alkyl halides is 3. The molecule has 0 radical (unpaired) electrons. The van der Waals surface area contributed by atoms with Gasteiger partial charge < -0.3 is 4.74 Å². The Balaban J connectivity index is 3.08. The first-order valence-corrected chi connectivity index (χ1v) is 6.29. The number of hydrogen-bond acceptors (Lipinski definition) is 3. The number of nitrogens with one attached hydrogen (secondary N) is 1. The Hall–Kier alpha value is -1.18. The average molecular weight is 294 g/mol. The number of hydrogen-bond donors (Lipinski definition) is 2. The van der Waals surface area contributed by atoms with Gasteiger partial charge in [0.25, 0.3) is 0 Å². The van der Waals surface area contributed by atoms with Gasteiger partial charge in [-0.1, -0.05) is 13.0 Å². The molecule has 2 atom stereocenters. The Morgan fingerprint density at radius 3 is 2.35 bits per heavy atom. The van der Waals surface area contributed by atoms with Gasteiger partial charge in [0.2, 0.25) is 0 Å². The van der Waals surface area contributed by atoms with E-state index >= 15 is 0 Å². The van der Waals surface area contributed by atoms with Crippen LogP contribution >= 0.6 is 0 Å². The number of hydrazine groups is 1. The van der Waals surface area contributed by atoms with E-state index in [4.69, 9.17) is 10.6 Å². The smallest absolute Gasteiger partial charge is 0.376 e. The maximum atomic E-state index is 13.6. The van der Waals surface area contributed by atoms with Crippen molar-refractivity contribution in [2.75, 3.05) is 6.61 Å². The Bertz CT molecular complexity index is 437. The molecule has 0 aliphatic rings. The maximum Gasteiger partial charge on any atom is 0.419 e. The molecule has 0 amide bonds. The first kappa shape index (κ1) is 16.9. The molecule has 1 aromatic rings. The molecule has 0 aliphatic heterocycles. The minimum Gasteiger partial charge on any atom is -0.376 e. The molecular weight excluding hydrogens is 276 g/mol. The Kier molecular flexibility index (Phi) is 5.91. The largest absolute Gasteiger partial charge is 0.419 e. The molecule has 0 aliphatic carbocycles. The number of benzene rings is 1. The van der Waals surface area contributed by atoms with Crippen LogP contribution in [0.15, 0.2) is 18.2 Å². The minimum absolute atomic E-state index is 0.318. The van der Waals surface area contributed by atoms with Crippen molar-refractivity contribution in [1.82, 2.24) is 5.43 Å². The van der Waals surface area contributed by atoms with Crippen molar-refractivity contribution in [1.29, 1.82) is 0 Å². The highest BCUT2D eigenvalue weighted by atomic mass is 19.4. The lowest BCUT2D eigenvalue weighted by atomic mass is 9.98. The maximum absolute atomic E-state index is 13.6. The predicted octanol–water partition coefficient (Wildman–Crippen LogP) is 3.16. The van der Waals surface area contributed by atoms with E-state index in [0.717, 1.165) is 6.07 Å². The zero-order chi connectivity index (χ0) is 15.3. The molecule has 0 aromatic heterocycles. The summed E-state index contributed by atoms with van der Waals surface area (Å²) in [5.74, 6) is 4.09. The zero-order valence-corrected chi connectivity index (χ0v) is 11.3. The highest BCUT2D eigenvalue weighted by Gasteiger charge is 2.34. The quantitative estimate of drug-likeness (QED) is 0.481. The second kappa shape index (κ2) is 7.01. The van der Waals surface area contributed by atoms with Crippen LogP contribution in [0.4, 0.5) is 17.6 Å². The second-order valence-corrected chi connectivity index (χ2v) is 4.28. The lowest BCUT2D eigenvalue weighted by Gasteiger charge is -2.26. The van der Waals surface area contributed by atoms with Crippen LogP contribution in [0.1, 0.15) is 37.4 Å². The summed E-state index contributed by atoms with van der Waals surface area (Å²) in [7, 11) is 0. The fraction of sp³-hybridized carbons (Fsp3) is 0.538. The normalized spacial score (nSPS) is 15.2. The Morgan fingerprint density at radius 2 is 1.95 bits per heavy atom. The Labute approximate surface area is 115 Å². The van der Waals surface area contributed by atoms with Gasteiger partial charge in [-0.15, -0.1) is 0 Å². The summed E-state index contributed by atoms with van der Waals surface area (Å²) in [6.45, 7) is 4.08. The third kappa shape index (κ3) is 3.91. The van der Waals surface area contributed by atoms with Crippen molar-refractivity contribution in [2.24, 2.45) is 5.84 Å². The summed E-state index contributed by atoms with van der Waals surface area (Å²) in [4.78, 5) is 0. The third-order valence-electron chi connectivity index (χ3n) is 2.99. The van der Waals surface area contributed by atoms with Crippen LogP contribution in [0, 0.1) is 5.82 Å². The summed E-state index contributed by atoms with van der Waals surface area (Å²) in [6.07, 6.45) is -4.47. The van der Waals surface area contributed by atoms with Gasteiger partial charge in [0, 0.05) is 6.61 Å². The van der Waals surface area contributed by atoms with Crippen LogP contribution in [-0.4, -0.2) is 12.7 Å². The van der Waals surface area contributed by atoms with Gasteiger partial charge in [-0.05, 0) is 31.0 Å². The van der Waals surface area contributed by atoms with Crippen molar-refractivity contribution in [2.45, 2.75) is 38.6 Å². The molecule has 0 fully saturated rings. The molecule has 7 heteroatoms. The lowest BCUT2D eigenvalue weighted by molar-refractivity contribution is -0.140. The Morgan fingerprint density at radius 1 is 1.30 bits per heavy atom. The second-order valence-electron chi connectivity index (χ2n) is 4.28. The molecule has 1 rings (SSSR count). The summed E-state index contributed by atoms with van der Waals surface area (Å²) in [5.41, 5.74) is 1.49. The molecule has 3 N–H and O–H groups in total. The molecule has 1 aromatic carbocycles. The van der Waals surface area contributed by atoms with E-state index in [9.17, 15) is 17.6 Å². The first-order valence-electron chi connectivity index (χ1n) is 6.29. The van der Waals surface area contributed by atoms with Crippen molar-refractivity contribution in [3.05, 3.63) is 35.1 Å². The van der Waals surface area contributed by atoms with Crippen LogP contribution in [-0.2, 0) is 10.9 Å². The van der Waals surface area contributed by atoms with E-state index in [0.29, 0.717) is 24.7 Å². The van der Waals surface area contributed by atoms with Crippen LogP contribution < -0.4 is 11.3 Å². The van der Waals surface area contributed by atoms with Gasteiger partial charge >= 0.3 is 6.18 Å². The molecule has 3 nitrogen and oxygen atoms in total. The monoisotopic (exact) mass is 294 g/mol. The van der Waals surface area contributed by atoms with Crippen LogP contribution in [0.25, 0.3) is 0 Å². The van der Waals surface area contributed by atoms with E-state index in [1.54, 1.807) is 6.92 Å². The molecule has 0 saturated carbocycles. The van der Waals surface area contributed by atoms with Gasteiger partial charge in [0.05, 0.1) is 17.7 Å². The van der Waals surface area contributed by atoms with Crippen molar-refractivity contribution in [3.8, 4) is 0 Å². The number of ether oxygens (including phenoxy) is 1. The zero-order valence-electron chi connectivity index (χ0n) is 11.3. The number of halogens is 4. The average Bonchev–Trinajstić information content (AvgIpc) is 2.37. The summed E-state index contributed by atoms with van der Waals surface area (Å²) in [6, 6.07) is 2.19. The van der Waals surface area contributed by atoms with Gasteiger partial charge in [-0.3, -0.25) is 11.3 Å². The standard InChI is InChI=1S/C13H18F4N2O/c1-3-11(20-4-2)12(19-18)8-5-6-9(10(14)7-8)13(15,16)17/h5-7,11-12,19H,3-4,18H2,1-2H3. The van der Waals surface area contributed by atoms with Crippen molar-refractivity contribution >= 4 is 0 Å². The molecular formula is C13H18F4N2O. The number of rotatable bonds is 6. The molecule has 20 heavy (non-hydrogen) atoms. The van der Waals surface area contributed by atoms with E-state index in [1.807, 2.05) is 6.92 Å². The summed E-state index contributed by atoms with van der Waals surface area (Å²) in [5, 5.41) is 0. The minimum atomic E-state index is -4.71. The van der Waals surface area contributed by atoms with E-state index in [-0.39, 0.29) is 6.10 Å². The fourth-order valence-electron chi connectivity index (χ4n) is 2.04. The van der Waals surface area contributed by atoms with Gasteiger partial charge in [0.15, 0.2) is 0 Å². The van der Waals surface area contributed by atoms with Gasteiger partial charge in [-0.25, -0.2) is 4.39 Å². The van der Waals surface area contributed by atoms with Gasteiger partial charge in [-0.2, -0.15) is 13.2 Å². The van der Waals surface area contributed by atoms with Crippen molar-refractivity contribution in [3.63, 3.8) is 0 Å². The van der Waals surface area contributed by atoms with E-state index in [1.165, 1.54) is 6.07 Å². The van der Waals surface area contributed by atoms with Gasteiger partial charge in [0.1, 0.15) is 5.82 Å².